The summed E-state index contributed by atoms with van der Waals surface area (Å²) < 4.78 is 13.6. The highest BCUT2D eigenvalue weighted by atomic mass is 16.5. The van der Waals surface area contributed by atoms with Crippen LogP contribution in [-0.2, 0) is 6.54 Å². The lowest BCUT2D eigenvalue weighted by Crippen LogP contribution is -2.45. The van der Waals surface area contributed by atoms with Crippen LogP contribution in [0.3, 0.4) is 0 Å². The number of aromatic nitrogens is 1. The number of allylic oxidation sites excluding steroid dienone is 1. The average molecular weight is 418 g/mol. The molecule has 0 unspecified atom stereocenters. The maximum atomic E-state index is 12.8. The molecule has 1 saturated heterocycles. The fourth-order valence-electron chi connectivity index (χ4n) is 4.33. The van der Waals surface area contributed by atoms with Crippen molar-refractivity contribution in [3.63, 3.8) is 0 Å². The Balaban J connectivity index is 1.46. The monoisotopic (exact) mass is 417 g/mol. The van der Waals surface area contributed by atoms with E-state index in [2.05, 4.69) is 33.7 Å². The van der Waals surface area contributed by atoms with E-state index in [4.69, 9.17) is 9.47 Å². The summed E-state index contributed by atoms with van der Waals surface area (Å²) in [7, 11) is 3.85. The number of benzene rings is 2. The second-order valence-electron chi connectivity index (χ2n) is 8.24. The molecule has 1 aromatic heterocycles. The van der Waals surface area contributed by atoms with Crippen LogP contribution in [0.5, 0.6) is 11.5 Å². The first-order valence-corrected chi connectivity index (χ1v) is 10.7. The van der Waals surface area contributed by atoms with Crippen molar-refractivity contribution < 1.29 is 14.3 Å². The van der Waals surface area contributed by atoms with Gasteiger partial charge in [0.05, 0.1) is 12.7 Å². The quantitative estimate of drug-likeness (QED) is 0.595. The highest BCUT2D eigenvalue weighted by molar-refractivity contribution is 6.15. The fourth-order valence-corrected chi connectivity index (χ4v) is 4.33. The number of carbonyl (C=O) groups excluding carboxylic acids is 1. The van der Waals surface area contributed by atoms with Crippen molar-refractivity contribution in [2.75, 3.05) is 46.9 Å². The van der Waals surface area contributed by atoms with E-state index in [-0.39, 0.29) is 5.78 Å². The van der Waals surface area contributed by atoms with Gasteiger partial charge in [-0.1, -0.05) is 12.1 Å². The Morgan fingerprint density at radius 3 is 2.65 bits per heavy atom. The number of carbonyl (C=O) groups is 1. The molecule has 5 rings (SSSR count). The Morgan fingerprint density at radius 1 is 1.06 bits per heavy atom. The third-order valence-corrected chi connectivity index (χ3v) is 6.23. The van der Waals surface area contributed by atoms with Crippen LogP contribution in [0.25, 0.3) is 17.0 Å². The van der Waals surface area contributed by atoms with Gasteiger partial charge >= 0.3 is 0 Å². The predicted molar refractivity (Wildman–Crippen MR) is 122 cm³/mol. The molecule has 3 aromatic rings. The molecule has 2 aliphatic rings. The van der Waals surface area contributed by atoms with Crippen LogP contribution in [0, 0.1) is 0 Å². The Labute approximate surface area is 182 Å². The number of nitrogens with zero attached hydrogens (tertiary/aromatic N) is 3. The molecule has 3 heterocycles. The lowest BCUT2D eigenvalue weighted by atomic mass is 10.1. The van der Waals surface area contributed by atoms with Gasteiger partial charge in [0.1, 0.15) is 11.5 Å². The number of Topliss-reactive ketones (excluding diaryl/α,β-unsaturated/α-hetero) is 1. The first-order valence-electron chi connectivity index (χ1n) is 10.7. The van der Waals surface area contributed by atoms with Crippen molar-refractivity contribution in [1.82, 2.24) is 14.4 Å². The predicted octanol–water partition coefficient (Wildman–Crippen LogP) is 3.51. The molecule has 0 aliphatic carbocycles. The molecule has 6 heteroatoms. The molecule has 6 nitrogen and oxygen atoms in total. The number of hydrogen-bond acceptors (Lipinski definition) is 5. The summed E-state index contributed by atoms with van der Waals surface area (Å²) in [6, 6.07) is 13.5. The summed E-state index contributed by atoms with van der Waals surface area (Å²) in [5.74, 6) is 1.71. The molecular weight excluding hydrogens is 390 g/mol. The molecule has 0 amide bonds. The highest BCUT2D eigenvalue weighted by Crippen LogP contribution is 2.33. The molecule has 0 radical (unpaired) electrons. The van der Waals surface area contributed by atoms with Gasteiger partial charge in [-0.2, -0.15) is 0 Å². The second-order valence-corrected chi connectivity index (χ2v) is 8.24. The first kappa shape index (κ1) is 19.8. The lowest BCUT2D eigenvalue weighted by molar-refractivity contribution is 0.101. The number of rotatable bonds is 5. The standard InChI is InChI=1S/C25H27N3O3/c1-26-9-11-27(12-10-26)13-14-28-17-18(21-16-19(30-2)7-8-22(21)28)15-24-25(29)20-5-3-4-6-23(20)31-24/h3-8,15-17H,9-14H2,1-2H3. The molecule has 0 N–H and O–H groups in total. The van der Waals surface area contributed by atoms with Crippen molar-refractivity contribution in [2.45, 2.75) is 6.54 Å². The van der Waals surface area contributed by atoms with Crippen molar-refractivity contribution in [3.8, 4) is 11.5 Å². The van der Waals surface area contributed by atoms with Crippen molar-refractivity contribution in [3.05, 3.63) is 65.5 Å². The maximum absolute atomic E-state index is 12.8. The van der Waals surface area contributed by atoms with Crippen LogP contribution >= 0.6 is 0 Å². The third-order valence-electron chi connectivity index (χ3n) is 6.23. The Morgan fingerprint density at radius 2 is 1.87 bits per heavy atom. The minimum absolute atomic E-state index is 0.0724. The normalized spacial score (nSPS) is 18.5. The second kappa shape index (κ2) is 8.21. The zero-order valence-electron chi connectivity index (χ0n) is 18.0. The smallest absolute Gasteiger partial charge is 0.231 e. The van der Waals surface area contributed by atoms with Gasteiger partial charge in [0.25, 0.3) is 0 Å². The van der Waals surface area contributed by atoms with Crippen LogP contribution < -0.4 is 9.47 Å². The van der Waals surface area contributed by atoms with Crippen molar-refractivity contribution >= 4 is 22.8 Å². The Kier molecular flexibility index (Phi) is 5.26. The zero-order valence-corrected chi connectivity index (χ0v) is 18.0. The van der Waals surface area contributed by atoms with E-state index in [1.807, 2.05) is 36.4 Å². The largest absolute Gasteiger partial charge is 0.497 e. The van der Waals surface area contributed by atoms with E-state index >= 15 is 0 Å². The first-order chi connectivity index (χ1) is 15.1. The SMILES string of the molecule is COc1ccc2c(c1)c(C=C1Oc3ccccc3C1=O)cn2CCN1CCN(C)CC1. The lowest BCUT2D eigenvalue weighted by Gasteiger charge is -2.32. The molecule has 160 valence electrons. The van der Waals surface area contributed by atoms with Crippen LogP contribution in [0.2, 0.25) is 0 Å². The fraction of sp³-hybridized carbons (Fsp3) is 0.320. The summed E-state index contributed by atoms with van der Waals surface area (Å²) >= 11 is 0. The van der Waals surface area contributed by atoms with Gasteiger partial charge in [-0.3, -0.25) is 9.69 Å². The van der Waals surface area contributed by atoms with Gasteiger partial charge in [0.2, 0.25) is 5.78 Å². The zero-order chi connectivity index (χ0) is 21.4. The van der Waals surface area contributed by atoms with Crippen LogP contribution in [-0.4, -0.2) is 67.0 Å². The molecule has 31 heavy (non-hydrogen) atoms. The van der Waals surface area contributed by atoms with E-state index in [1.165, 1.54) is 0 Å². The van der Waals surface area contributed by atoms with Gasteiger partial charge in [-0.05, 0) is 43.5 Å². The number of piperazine rings is 1. The Hall–Kier alpha value is -3.09. The van der Waals surface area contributed by atoms with Gasteiger partial charge in [0.15, 0.2) is 5.76 Å². The minimum atomic E-state index is -0.0724. The number of para-hydroxylation sites is 1. The number of likely N-dealkylation sites (N-methyl/N-ethyl adjacent to an activating group) is 1. The summed E-state index contributed by atoms with van der Waals surface area (Å²) in [4.78, 5) is 17.7. The molecule has 0 atom stereocenters. The van der Waals surface area contributed by atoms with E-state index in [1.54, 1.807) is 13.2 Å². The van der Waals surface area contributed by atoms with E-state index in [9.17, 15) is 4.79 Å². The summed E-state index contributed by atoms with van der Waals surface area (Å²) in [6.07, 6.45) is 3.98. The van der Waals surface area contributed by atoms with Crippen LogP contribution in [0.4, 0.5) is 0 Å². The highest BCUT2D eigenvalue weighted by Gasteiger charge is 2.27. The summed E-state index contributed by atoms with van der Waals surface area (Å²) in [5.41, 5.74) is 2.71. The van der Waals surface area contributed by atoms with Gasteiger partial charge in [-0.15, -0.1) is 0 Å². The number of methoxy groups -OCH3 is 1. The molecule has 1 fully saturated rings. The maximum Gasteiger partial charge on any atom is 0.231 e. The molecule has 0 bridgehead atoms. The van der Waals surface area contributed by atoms with E-state index in [0.717, 1.165) is 61.5 Å². The number of fused-ring (bicyclic) bond motifs is 2. The molecule has 0 saturated carbocycles. The van der Waals surface area contributed by atoms with Crippen LogP contribution in [0.15, 0.2) is 54.4 Å². The molecule has 2 aromatic carbocycles. The number of ketones is 1. The minimum Gasteiger partial charge on any atom is -0.497 e. The summed E-state index contributed by atoms with van der Waals surface area (Å²) in [5, 5.41) is 1.05. The topological polar surface area (TPSA) is 46.9 Å². The number of ether oxygens (including phenoxy) is 2. The van der Waals surface area contributed by atoms with Crippen molar-refractivity contribution in [1.29, 1.82) is 0 Å². The molecular formula is C25H27N3O3. The van der Waals surface area contributed by atoms with Crippen molar-refractivity contribution in [2.24, 2.45) is 0 Å². The third kappa shape index (κ3) is 3.84. The Bertz CT molecular complexity index is 1160. The van der Waals surface area contributed by atoms with Gasteiger partial charge in [0, 0.05) is 61.9 Å². The van der Waals surface area contributed by atoms with Gasteiger partial charge in [-0.25, -0.2) is 0 Å². The average Bonchev–Trinajstić information content (AvgIpc) is 3.30. The van der Waals surface area contributed by atoms with E-state index < -0.39 is 0 Å². The molecule has 2 aliphatic heterocycles. The van der Waals surface area contributed by atoms with E-state index in [0.29, 0.717) is 17.1 Å². The van der Waals surface area contributed by atoms with Gasteiger partial charge < -0.3 is 18.9 Å². The summed E-state index contributed by atoms with van der Waals surface area (Å²) in [6.45, 7) is 6.31. The number of hydrogen-bond donors (Lipinski definition) is 0. The molecule has 0 spiro atoms. The van der Waals surface area contributed by atoms with Crippen LogP contribution in [0.1, 0.15) is 15.9 Å².